The molecule has 0 bridgehead atoms. The van der Waals surface area contributed by atoms with Crippen molar-refractivity contribution in [2.45, 2.75) is 38.0 Å². The zero-order valence-corrected chi connectivity index (χ0v) is 11.5. The Kier molecular flexibility index (Phi) is 3.98. The Bertz CT molecular complexity index is 334. The lowest BCUT2D eigenvalue weighted by Crippen LogP contribution is -2.04. The van der Waals surface area contributed by atoms with E-state index in [0.717, 1.165) is 4.47 Å². The van der Waals surface area contributed by atoms with Gasteiger partial charge < -0.3 is 0 Å². The van der Waals surface area contributed by atoms with Crippen LogP contribution in [0, 0.1) is 0 Å². The summed E-state index contributed by atoms with van der Waals surface area (Å²) in [6, 6.07) is 4.13. The van der Waals surface area contributed by atoms with Gasteiger partial charge in [-0.3, -0.25) is 0 Å². The Hall–Kier alpha value is 0.280. The summed E-state index contributed by atoms with van der Waals surface area (Å²) in [6.07, 6.45) is 6.61. The molecular formula is C12H13BrCl2. The van der Waals surface area contributed by atoms with Gasteiger partial charge in [0.2, 0.25) is 0 Å². The molecule has 1 aliphatic carbocycles. The molecule has 0 heterocycles. The predicted octanol–water partition coefficient (Wildman–Crippen LogP) is 5.80. The summed E-state index contributed by atoms with van der Waals surface area (Å²) in [4.78, 5) is 0. The minimum atomic E-state index is 0.622. The van der Waals surface area contributed by atoms with Crippen LogP contribution < -0.4 is 0 Å². The van der Waals surface area contributed by atoms with Crippen LogP contribution in [0.3, 0.4) is 0 Å². The van der Waals surface area contributed by atoms with Crippen LogP contribution in [0.5, 0.6) is 0 Å². The summed E-state index contributed by atoms with van der Waals surface area (Å²) >= 11 is 15.5. The second-order valence-electron chi connectivity index (χ2n) is 4.13. The molecule has 1 saturated carbocycles. The van der Waals surface area contributed by atoms with E-state index >= 15 is 0 Å². The van der Waals surface area contributed by atoms with E-state index in [1.807, 2.05) is 6.07 Å². The first-order valence-electron chi connectivity index (χ1n) is 5.33. The minimum Gasteiger partial charge on any atom is -0.0827 e. The fourth-order valence-corrected chi connectivity index (χ4v) is 3.18. The van der Waals surface area contributed by atoms with Crippen LogP contribution in [0.2, 0.25) is 10.0 Å². The van der Waals surface area contributed by atoms with Gasteiger partial charge in [0.1, 0.15) is 0 Å². The van der Waals surface area contributed by atoms with Gasteiger partial charge in [0.05, 0.1) is 10.0 Å². The Morgan fingerprint density at radius 1 is 1.07 bits per heavy atom. The van der Waals surface area contributed by atoms with Crippen molar-refractivity contribution in [3.05, 3.63) is 32.2 Å². The maximum Gasteiger partial charge on any atom is 0.0734 e. The fourth-order valence-electron chi connectivity index (χ4n) is 2.25. The van der Waals surface area contributed by atoms with E-state index in [1.165, 1.54) is 37.7 Å². The molecule has 0 saturated heterocycles. The highest BCUT2D eigenvalue weighted by Gasteiger charge is 2.17. The van der Waals surface area contributed by atoms with Crippen molar-refractivity contribution < 1.29 is 0 Å². The fraction of sp³-hybridized carbons (Fsp3) is 0.500. The van der Waals surface area contributed by atoms with Gasteiger partial charge in [0, 0.05) is 4.47 Å². The van der Waals surface area contributed by atoms with Crippen molar-refractivity contribution in [2.24, 2.45) is 0 Å². The van der Waals surface area contributed by atoms with E-state index in [2.05, 4.69) is 22.0 Å². The van der Waals surface area contributed by atoms with E-state index in [-0.39, 0.29) is 0 Å². The van der Waals surface area contributed by atoms with Gasteiger partial charge in [0.25, 0.3) is 0 Å². The van der Waals surface area contributed by atoms with Gasteiger partial charge in [-0.2, -0.15) is 0 Å². The van der Waals surface area contributed by atoms with Crippen LogP contribution >= 0.6 is 39.1 Å². The number of benzene rings is 1. The van der Waals surface area contributed by atoms with E-state index in [9.17, 15) is 0 Å². The summed E-state index contributed by atoms with van der Waals surface area (Å²) in [5.74, 6) is 0.671. The molecule has 1 aromatic carbocycles. The predicted molar refractivity (Wildman–Crippen MR) is 70.0 cm³/mol. The van der Waals surface area contributed by atoms with Gasteiger partial charge in [-0.1, -0.05) is 42.5 Å². The lowest BCUT2D eigenvalue weighted by Gasteiger charge is -2.22. The van der Waals surface area contributed by atoms with Crippen molar-refractivity contribution in [2.75, 3.05) is 0 Å². The molecule has 1 aliphatic rings. The third-order valence-corrected chi connectivity index (χ3v) is 4.74. The molecule has 0 amide bonds. The minimum absolute atomic E-state index is 0.622. The quantitative estimate of drug-likeness (QED) is 0.575. The smallest absolute Gasteiger partial charge is 0.0734 e. The molecule has 3 heteroatoms. The van der Waals surface area contributed by atoms with Crippen molar-refractivity contribution in [3.63, 3.8) is 0 Å². The topological polar surface area (TPSA) is 0 Å². The number of hydrogen-bond donors (Lipinski definition) is 0. The largest absolute Gasteiger partial charge is 0.0827 e. The van der Waals surface area contributed by atoms with E-state index in [1.54, 1.807) is 0 Å². The molecule has 0 atom stereocenters. The first-order chi connectivity index (χ1) is 7.18. The van der Waals surface area contributed by atoms with Gasteiger partial charge in [-0.15, -0.1) is 0 Å². The molecule has 0 aliphatic heterocycles. The second kappa shape index (κ2) is 5.07. The van der Waals surface area contributed by atoms with Gasteiger partial charge in [-0.05, 0) is 52.4 Å². The Labute approximate surface area is 109 Å². The Morgan fingerprint density at radius 2 is 1.73 bits per heavy atom. The van der Waals surface area contributed by atoms with Crippen molar-refractivity contribution in [3.8, 4) is 0 Å². The lowest BCUT2D eigenvalue weighted by molar-refractivity contribution is 0.443. The van der Waals surface area contributed by atoms with E-state index in [0.29, 0.717) is 16.0 Å². The molecule has 2 rings (SSSR count). The molecular weight excluding hydrogens is 295 g/mol. The highest BCUT2D eigenvalue weighted by Crippen LogP contribution is 2.38. The molecule has 0 aromatic heterocycles. The van der Waals surface area contributed by atoms with Crippen molar-refractivity contribution in [1.29, 1.82) is 0 Å². The maximum atomic E-state index is 6.08. The number of hydrogen-bond acceptors (Lipinski definition) is 0. The van der Waals surface area contributed by atoms with Crippen LogP contribution in [-0.4, -0.2) is 0 Å². The standard InChI is InChI=1S/C12H13BrCl2/c13-10-6-9(7-11(14)12(10)15)8-4-2-1-3-5-8/h6-8H,1-5H2. The Balaban J connectivity index is 2.27. The molecule has 0 radical (unpaired) electrons. The summed E-state index contributed by atoms with van der Waals surface area (Å²) in [5.41, 5.74) is 1.33. The molecule has 0 nitrogen and oxygen atoms in total. The van der Waals surface area contributed by atoms with Gasteiger partial charge >= 0.3 is 0 Å². The van der Waals surface area contributed by atoms with Gasteiger partial charge in [-0.25, -0.2) is 0 Å². The van der Waals surface area contributed by atoms with Crippen LogP contribution in [0.15, 0.2) is 16.6 Å². The van der Waals surface area contributed by atoms with E-state index < -0.39 is 0 Å². The van der Waals surface area contributed by atoms with Crippen molar-refractivity contribution in [1.82, 2.24) is 0 Å². The first kappa shape index (κ1) is 11.8. The molecule has 0 unspecified atom stereocenters. The third-order valence-electron chi connectivity index (χ3n) is 3.08. The normalized spacial score (nSPS) is 18.1. The lowest BCUT2D eigenvalue weighted by atomic mass is 9.84. The number of halogens is 3. The summed E-state index contributed by atoms with van der Waals surface area (Å²) in [5, 5.41) is 1.28. The van der Waals surface area contributed by atoms with E-state index in [4.69, 9.17) is 23.2 Å². The van der Waals surface area contributed by atoms with Gasteiger partial charge in [0.15, 0.2) is 0 Å². The first-order valence-corrected chi connectivity index (χ1v) is 6.88. The zero-order chi connectivity index (χ0) is 10.8. The molecule has 0 spiro atoms. The van der Waals surface area contributed by atoms with Crippen molar-refractivity contribution >= 4 is 39.1 Å². The van der Waals surface area contributed by atoms with Crippen LogP contribution in [-0.2, 0) is 0 Å². The monoisotopic (exact) mass is 306 g/mol. The molecule has 0 N–H and O–H groups in total. The average molecular weight is 308 g/mol. The van der Waals surface area contributed by atoms with Crippen LogP contribution in [0.25, 0.3) is 0 Å². The number of rotatable bonds is 1. The Morgan fingerprint density at radius 3 is 2.33 bits per heavy atom. The summed E-state index contributed by atoms with van der Waals surface area (Å²) < 4.78 is 0.914. The molecule has 1 fully saturated rings. The highest BCUT2D eigenvalue weighted by molar-refractivity contribution is 9.10. The molecule has 1 aromatic rings. The van der Waals surface area contributed by atoms with Crippen LogP contribution in [0.4, 0.5) is 0 Å². The maximum absolute atomic E-state index is 6.08. The molecule has 82 valence electrons. The summed E-state index contributed by atoms with van der Waals surface area (Å²) in [6.45, 7) is 0. The second-order valence-corrected chi connectivity index (χ2v) is 5.77. The highest BCUT2D eigenvalue weighted by atomic mass is 79.9. The van der Waals surface area contributed by atoms with Crippen LogP contribution in [0.1, 0.15) is 43.6 Å². The molecule has 15 heavy (non-hydrogen) atoms. The third kappa shape index (κ3) is 2.69. The average Bonchev–Trinajstić information content (AvgIpc) is 2.26. The summed E-state index contributed by atoms with van der Waals surface area (Å²) in [7, 11) is 0. The zero-order valence-electron chi connectivity index (χ0n) is 8.40. The SMILES string of the molecule is Clc1cc(C2CCCCC2)cc(Br)c1Cl.